The van der Waals surface area contributed by atoms with Crippen molar-refractivity contribution in [3.8, 4) is 18.1 Å². The molecular weight excluding hydrogens is 349 g/mol. The second-order valence-corrected chi connectivity index (χ2v) is 5.74. The summed E-state index contributed by atoms with van der Waals surface area (Å²) < 4.78 is 24.9. The maximum atomic E-state index is 14.5. The molecule has 1 aromatic carbocycles. The van der Waals surface area contributed by atoms with Crippen LogP contribution in [0.25, 0.3) is 0 Å². The minimum Gasteiger partial charge on any atom is -0.490 e. The minimum atomic E-state index is -0.514. The molecule has 7 heteroatoms. The van der Waals surface area contributed by atoms with Crippen LogP contribution in [0.15, 0.2) is 30.3 Å². The third kappa shape index (κ3) is 5.69. The highest BCUT2D eigenvalue weighted by molar-refractivity contribution is 5.98. The number of hydrogen-bond acceptors (Lipinski definition) is 5. The van der Waals surface area contributed by atoms with Gasteiger partial charge in [0.25, 0.3) is 5.91 Å². The second-order valence-electron chi connectivity index (χ2n) is 5.74. The van der Waals surface area contributed by atoms with E-state index in [9.17, 15) is 9.18 Å². The van der Waals surface area contributed by atoms with E-state index in [0.717, 1.165) is 0 Å². The molecule has 0 fully saturated rings. The van der Waals surface area contributed by atoms with E-state index in [2.05, 4.69) is 16.2 Å². The zero-order chi connectivity index (χ0) is 19.6. The van der Waals surface area contributed by atoms with Gasteiger partial charge in [0.2, 0.25) is 0 Å². The van der Waals surface area contributed by atoms with E-state index in [1.54, 1.807) is 31.4 Å². The number of ether oxygens (including phenoxy) is 2. The quantitative estimate of drug-likeness (QED) is 0.523. The van der Waals surface area contributed by atoms with Crippen LogP contribution < -0.4 is 15.8 Å². The Morgan fingerprint density at radius 1 is 1.37 bits per heavy atom. The maximum Gasteiger partial charge on any atom is 0.255 e. The third-order valence-electron chi connectivity index (χ3n) is 3.72. The fourth-order valence-corrected chi connectivity index (χ4v) is 2.37. The number of carbonyl (C=O) groups excluding carboxylic acids is 1. The van der Waals surface area contributed by atoms with Crippen molar-refractivity contribution in [3.05, 3.63) is 53.0 Å². The average molecular weight is 371 g/mol. The van der Waals surface area contributed by atoms with Crippen molar-refractivity contribution in [2.24, 2.45) is 0 Å². The molecule has 0 aliphatic carbocycles. The Hall–Kier alpha value is -3.11. The van der Waals surface area contributed by atoms with Crippen LogP contribution in [-0.4, -0.2) is 24.6 Å². The summed E-state index contributed by atoms with van der Waals surface area (Å²) in [5.41, 5.74) is 6.96. The van der Waals surface area contributed by atoms with E-state index >= 15 is 0 Å². The van der Waals surface area contributed by atoms with Crippen molar-refractivity contribution in [1.29, 1.82) is 0 Å². The summed E-state index contributed by atoms with van der Waals surface area (Å²) in [5.74, 6) is 1.76. The highest BCUT2D eigenvalue weighted by Gasteiger charge is 2.14. The first kappa shape index (κ1) is 20.2. The first-order chi connectivity index (χ1) is 13.1. The summed E-state index contributed by atoms with van der Waals surface area (Å²) in [7, 11) is 1.54. The topological polar surface area (TPSA) is 86.5 Å². The predicted molar refractivity (Wildman–Crippen MR) is 100 cm³/mol. The summed E-state index contributed by atoms with van der Waals surface area (Å²) in [6.07, 6.45) is 6.38. The molecule has 0 bridgehead atoms. The first-order valence-electron chi connectivity index (χ1n) is 8.43. The SMILES string of the molecule is C#CCCCOc1cccc(CNC(=O)c2ccc(COC)nc2N)c1F. The van der Waals surface area contributed by atoms with Crippen LogP contribution >= 0.6 is 0 Å². The van der Waals surface area contributed by atoms with Crippen LogP contribution in [0.5, 0.6) is 5.75 Å². The number of benzene rings is 1. The molecule has 0 saturated heterocycles. The Bertz CT molecular complexity index is 834. The van der Waals surface area contributed by atoms with Gasteiger partial charge in [-0.05, 0) is 24.6 Å². The van der Waals surface area contributed by atoms with Crippen LogP contribution in [-0.2, 0) is 17.9 Å². The van der Waals surface area contributed by atoms with Gasteiger partial charge in [0, 0.05) is 25.6 Å². The van der Waals surface area contributed by atoms with Gasteiger partial charge in [0.05, 0.1) is 24.5 Å². The van der Waals surface area contributed by atoms with Crippen LogP contribution in [0.4, 0.5) is 10.2 Å². The van der Waals surface area contributed by atoms with E-state index in [1.807, 2.05) is 0 Å². The first-order valence-corrected chi connectivity index (χ1v) is 8.43. The lowest BCUT2D eigenvalue weighted by Crippen LogP contribution is -2.25. The molecule has 1 amide bonds. The number of nitrogens with one attached hydrogen (secondary N) is 1. The van der Waals surface area contributed by atoms with E-state index in [4.69, 9.17) is 21.6 Å². The number of methoxy groups -OCH3 is 1. The van der Waals surface area contributed by atoms with E-state index < -0.39 is 11.7 Å². The number of carbonyl (C=O) groups is 1. The zero-order valence-corrected chi connectivity index (χ0v) is 15.1. The molecule has 0 unspecified atom stereocenters. The fraction of sp³-hybridized carbons (Fsp3) is 0.300. The normalized spacial score (nSPS) is 10.3. The smallest absolute Gasteiger partial charge is 0.255 e. The molecule has 0 saturated carbocycles. The van der Waals surface area contributed by atoms with Gasteiger partial charge < -0.3 is 20.5 Å². The molecular formula is C20H22FN3O3. The molecule has 27 heavy (non-hydrogen) atoms. The predicted octanol–water partition coefficient (Wildman–Crippen LogP) is 2.67. The molecule has 3 N–H and O–H groups in total. The molecule has 6 nitrogen and oxygen atoms in total. The monoisotopic (exact) mass is 371 g/mol. The summed E-state index contributed by atoms with van der Waals surface area (Å²) in [4.78, 5) is 16.4. The van der Waals surface area contributed by atoms with Gasteiger partial charge in [0.1, 0.15) is 5.82 Å². The lowest BCUT2D eigenvalue weighted by atomic mass is 10.1. The van der Waals surface area contributed by atoms with Crippen molar-refractivity contribution in [1.82, 2.24) is 10.3 Å². The van der Waals surface area contributed by atoms with E-state index in [0.29, 0.717) is 37.3 Å². The van der Waals surface area contributed by atoms with Crippen LogP contribution in [0.3, 0.4) is 0 Å². The van der Waals surface area contributed by atoms with Crippen LogP contribution in [0.2, 0.25) is 0 Å². The Kier molecular flexibility index (Phi) is 7.59. The zero-order valence-electron chi connectivity index (χ0n) is 15.1. The Morgan fingerprint density at radius 2 is 2.19 bits per heavy atom. The standard InChI is InChI=1S/C20H22FN3O3/c1-3-4-5-11-27-17-8-6-7-14(18(17)21)12-23-20(25)16-10-9-15(13-26-2)24-19(16)22/h1,6-10H,4-5,11-13H2,2H3,(H2,22,24)(H,23,25). The van der Waals surface area contributed by atoms with Gasteiger partial charge in [-0.3, -0.25) is 4.79 Å². The van der Waals surface area contributed by atoms with Crippen LogP contribution in [0, 0.1) is 18.2 Å². The number of unbranched alkanes of at least 4 members (excludes halogenated alkanes) is 1. The molecule has 2 rings (SSSR count). The molecule has 142 valence electrons. The largest absolute Gasteiger partial charge is 0.490 e. The minimum absolute atomic E-state index is 0.00845. The van der Waals surface area contributed by atoms with Gasteiger partial charge in [0.15, 0.2) is 11.6 Å². The molecule has 2 aromatic rings. The van der Waals surface area contributed by atoms with Gasteiger partial charge in [-0.1, -0.05) is 12.1 Å². The average Bonchev–Trinajstić information content (AvgIpc) is 2.65. The van der Waals surface area contributed by atoms with Crippen molar-refractivity contribution >= 4 is 11.7 Å². The van der Waals surface area contributed by atoms with Gasteiger partial charge >= 0.3 is 0 Å². The van der Waals surface area contributed by atoms with Gasteiger partial charge in [-0.15, -0.1) is 12.3 Å². The van der Waals surface area contributed by atoms with E-state index in [1.165, 1.54) is 6.07 Å². The summed E-state index contributed by atoms with van der Waals surface area (Å²) in [5, 5.41) is 2.64. The number of nitrogens with zero attached hydrogens (tertiary/aromatic N) is 1. The van der Waals surface area contributed by atoms with Crippen molar-refractivity contribution < 1.29 is 18.7 Å². The molecule has 0 spiro atoms. The van der Waals surface area contributed by atoms with Crippen molar-refractivity contribution in [3.63, 3.8) is 0 Å². The Labute approximate surface area is 157 Å². The van der Waals surface area contributed by atoms with Crippen molar-refractivity contribution in [2.45, 2.75) is 26.0 Å². The second kappa shape index (κ2) is 10.1. The number of pyridine rings is 1. The maximum absolute atomic E-state index is 14.5. The van der Waals surface area contributed by atoms with Gasteiger partial charge in [-0.25, -0.2) is 9.37 Å². The summed E-state index contributed by atoms with van der Waals surface area (Å²) >= 11 is 0. The molecule has 1 aromatic heterocycles. The lowest BCUT2D eigenvalue weighted by Gasteiger charge is -2.11. The van der Waals surface area contributed by atoms with E-state index in [-0.39, 0.29) is 23.7 Å². The van der Waals surface area contributed by atoms with Crippen LogP contribution in [0.1, 0.15) is 34.5 Å². The highest BCUT2D eigenvalue weighted by atomic mass is 19.1. The van der Waals surface area contributed by atoms with Crippen molar-refractivity contribution in [2.75, 3.05) is 19.5 Å². The number of terminal acetylenes is 1. The lowest BCUT2D eigenvalue weighted by molar-refractivity contribution is 0.0951. The number of anilines is 1. The number of hydrogen-bond donors (Lipinski definition) is 2. The molecule has 1 heterocycles. The number of aromatic nitrogens is 1. The molecule has 0 aliphatic rings. The fourth-order valence-electron chi connectivity index (χ4n) is 2.37. The number of nitrogens with two attached hydrogens (primary N) is 1. The molecule has 0 radical (unpaired) electrons. The molecule has 0 atom stereocenters. The number of nitrogen functional groups attached to an aromatic ring is 1. The number of halogens is 1. The highest BCUT2D eigenvalue weighted by Crippen LogP contribution is 2.21. The Morgan fingerprint density at radius 3 is 2.89 bits per heavy atom. The Balaban J connectivity index is 2.00. The number of amides is 1. The molecule has 0 aliphatic heterocycles. The third-order valence-corrected chi connectivity index (χ3v) is 3.72. The van der Waals surface area contributed by atoms with Gasteiger partial charge in [-0.2, -0.15) is 0 Å². The summed E-state index contributed by atoms with van der Waals surface area (Å²) in [6.45, 7) is 0.615. The summed E-state index contributed by atoms with van der Waals surface area (Å²) in [6, 6.07) is 7.99. The number of rotatable bonds is 9.